The molecule has 1 radical (unpaired) electrons. The summed E-state index contributed by atoms with van der Waals surface area (Å²) >= 11 is 3.79. The van der Waals surface area contributed by atoms with Crippen molar-refractivity contribution >= 4 is 41.6 Å². The van der Waals surface area contributed by atoms with E-state index < -0.39 is 0 Å². The summed E-state index contributed by atoms with van der Waals surface area (Å²) in [6.45, 7) is 0.831. The monoisotopic (exact) mass is 323 g/mol. The Morgan fingerprint density at radius 3 is 2.73 bits per heavy atom. The molecule has 0 aliphatic carbocycles. The highest BCUT2D eigenvalue weighted by molar-refractivity contribution is 8.05. The molecule has 2 aliphatic heterocycles. The smallest absolute Gasteiger partial charge is 0.0761 e. The van der Waals surface area contributed by atoms with E-state index >= 15 is 0 Å². The highest BCUT2D eigenvalue weighted by Crippen LogP contribution is 2.46. The highest BCUT2D eigenvalue weighted by atomic mass is 32.2. The lowest BCUT2D eigenvalue weighted by Crippen LogP contribution is -2.15. The predicted molar refractivity (Wildman–Crippen MR) is 96.9 cm³/mol. The van der Waals surface area contributed by atoms with Gasteiger partial charge in [-0.2, -0.15) is 0 Å². The number of hydrogen-bond acceptors (Lipinski definition) is 4. The van der Waals surface area contributed by atoms with Crippen LogP contribution < -0.4 is 0 Å². The molecule has 2 nitrogen and oxygen atoms in total. The first kappa shape index (κ1) is 14.1. The molecule has 0 bridgehead atoms. The van der Waals surface area contributed by atoms with Gasteiger partial charge in [-0.15, -0.1) is 23.5 Å². The Morgan fingerprint density at radius 2 is 1.77 bits per heavy atom. The van der Waals surface area contributed by atoms with E-state index in [-0.39, 0.29) is 0 Å². The van der Waals surface area contributed by atoms with Crippen LogP contribution in [0.3, 0.4) is 0 Å². The number of aliphatic imine (C=N–C) groups is 2. The lowest BCUT2D eigenvalue weighted by atomic mass is 10.2. The van der Waals surface area contributed by atoms with Crippen LogP contribution in [0.4, 0.5) is 5.69 Å². The van der Waals surface area contributed by atoms with Crippen LogP contribution >= 0.6 is 23.5 Å². The molecular formula is C18H15N2S2. The number of nitrogens with zero attached hydrogens (tertiary/aromatic N) is 2. The van der Waals surface area contributed by atoms with Gasteiger partial charge in [0.2, 0.25) is 0 Å². The van der Waals surface area contributed by atoms with E-state index in [0.717, 1.165) is 18.7 Å². The Labute approximate surface area is 139 Å². The SMILES string of the molecule is C1=NCC([C]2CC=Nc3ccccc3S2)Sc2ccccc21. The van der Waals surface area contributed by atoms with Crippen molar-refractivity contribution in [2.45, 2.75) is 21.5 Å². The van der Waals surface area contributed by atoms with Gasteiger partial charge in [0.1, 0.15) is 0 Å². The standard InChI is InChI=1S/C18H15N2S2/c1-3-7-15-13(5-1)11-19-12-18(21-15)17-9-10-20-14-6-2-4-8-16(14)22-17/h1-8,10-11,18H,9,12H2. The quantitative estimate of drug-likeness (QED) is 0.737. The van der Waals surface area contributed by atoms with Gasteiger partial charge in [0.25, 0.3) is 0 Å². The summed E-state index contributed by atoms with van der Waals surface area (Å²) in [5, 5.41) is 1.83. The minimum atomic E-state index is 0.391. The van der Waals surface area contributed by atoms with E-state index in [9.17, 15) is 0 Å². The molecule has 0 saturated heterocycles. The van der Waals surface area contributed by atoms with E-state index in [1.807, 2.05) is 42.0 Å². The summed E-state index contributed by atoms with van der Waals surface area (Å²) in [6, 6.07) is 16.9. The molecule has 0 aromatic heterocycles. The molecule has 2 aliphatic rings. The predicted octanol–water partition coefficient (Wildman–Crippen LogP) is 5.01. The maximum atomic E-state index is 4.63. The molecule has 1 unspecified atom stereocenters. The van der Waals surface area contributed by atoms with E-state index in [2.05, 4.69) is 52.4 Å². The number of para-hydroxylation sites is 1. The third kappa shape index (κ3) is 2.85. The maximum absolute atomic E-state index is 4.63. The lowest BCUT2D eigenvalue weighted by Gasteiger charge is -2.22. The molecule has 0 saturated carbocycles. The molecule has 0 amide bonds. The van der Waals surface area contributed by atoms with Crippen LogP contribution in [0.1, 0.15) is 12.0 Å². The molecule has 1 atom stereocenters. The Hall–Kier alpha value is -1.52. The van der Waals surface area contributed by atoms with Crippen LogP contribution in [0.5, 0.6) is 0 Å². The van der Waals surface area contributed by atoms with Crippen molar-refractivity contribution in [3.63, 3.8) is 0 Å². The van der Waals surface area contributed by atoms with Gasteiger partial charge in [0.15, 0.2) is 0 Å². The molecule has 2 aromatic carbocycles. The number of hydrogen-bond donors (Lipinski definition) is 0. The van der Waals surface area contributed by atoms with Gasteiger partial charge in [-0.3, -0.25) is 9.98 Å². The van der Waals surface area contributed by atoms with Gasteiger partial charge in [-0.05, 0) is 18.2 Å². The fourth-order valence-electron chi connectivity index (χ4n) is 2.56. The van der Waals surface area contributed by atoms with Crippen LogP contribution in [-0.2, 0) is 0 Å². The first-order valence-corrected chi connectivity index (χ1v) is 9.00. The van der Waals surface area contributed by atoms with Crippen LogP contribution in [0.15, 0.2) is 68.3 Å². The number of fused-ring (bicyclic) bond motifs is 2. The number of benzene rings is 2. The highest BCUT2D eigenvalue weighted by Gasteiger charge is 2.27. The fraction of sp³-hybridized carbons (Fsp3) is 0.167. The third-order valence-corrected chi connectivity index (χ3v) is 6.45. The van der Waals surface area contributed by atoms with E-state index in [4.69, 9.17) is 0 Å². The van der Waals surface area contributed by atoms with Gasteiger partial charge < -0.3 is 0 Å². The zero-order valence-corrected chi connectivity index (χ0v) is 13.6. The normalized spacial score (nSPS) is 20.8. The molecular weight excluding hydrogens is 308 g/mol. The Kier molecular flexibility index (Phi) is 4.04. The summed E-state index contributed by atoms with van der Waals surface area (Å²) in [5.41, 5.74) is 2.30. The molecule has 0 N–H and O–H groups in total. The number of rotatable bonds is 1. The largest absolute Gasteiger partial charge is 0.291 e. The molecule has 0 fully saturated rings. The van der Waals surface area contributed by atoms with Crippen molar-refractivity contribution < 1.29 is 0 Å². The molecule has 22 heavy (non-hydrogen) atoms. The maximum Gasteiger partial charge on any atom is 0.0761 e. The lowest BCUT2D eigenvalue weighted by molar-refractivity contribution is 0.930. The second-order valence-electron chi connectivity index (χ2n) is 5.19. The van der Waals surface area contributed by atoms with Gasteiger partial charge >= 0.3 is 0 Å². The summed E-state index contributed by atoms with van der Waals surface area (Å²) in [4.78, 5) is 11.8. The van der Waals surface area contributed by atoms with Crippen molar-refractivity contribution in [3.8, 4) is 0 Å². The van der Waals surface area contributed by atoms with Crippen molar-refractivity contribution in [2.24, 2.45) is 9.98 Å². The first-order valence-electron chi connectivity index (χ1n) is 7.31. The molecule has 0 spiro atoms. The minimum Gasteiger partial charge on any atom is -0.291 e. The topological polar surface area (TPSA) is 24.7 Å². The van der Waals surface area contributed by atoms with Gasteiger partial charge in [0.05, 0.1) is 17.5 Å². The summed E-state index contributed by atoms with van der Waals surface area (Å²) in [5.74, 6) is 0. The molecule has 4 heteroatoms. The summed E-state index contributed by atoms with van der Waals surface area (Å²) < 4.78 is 0. The zero-order valence-electron chi connectivity index (χ0n) is 12.0. The van der Waals surface area contributed by atoms with Crippen LogP contribution in [0, 0.1) is 5.25 Å². The Morgan fingerprint density at radius 1 is 0.955 bits per heavy atom. The van der Waals surface area contributed by atoms with Crippen LogP contribution in [0.25, 0.3) is 0 Å². The van der Waals surface area contributed by atoms with Gasteiger partial charge in [-0.1, -0.05) is 30.3 Å². The van der Waals surface area contributed by atoms with Crippen molar-refractivity contribution in [1.82, 2.24) is 0 Å². The van der Waals surface area contributed by atoms with Crippen molar-refractivity contribution in [2.75, 3.05) is 6.54 Å². The van der Waals surface area contributed by atoms with Crippen molar-refractivity contribution in [3.05, 3.63) is 59.3 Å². The van der Waals surface area contributed by atoms with Crippen LogP contribution in [-0.4, -0.2) is 24.2 Å². The molecule has 109 valence electrons. The second-order valence-corrected chi connectivity index (χ2v) is 7.60. The summed E-state index contributed by atoms with van der Waals surface area (Å²) in [7, 11) is 0. The van der Waals surface area contributed by atoms with E-state index in [0.29, 0.717) is 5.25 Å². The Balaban J connectivity index is 1.61. The molecule has 4 rings (SSSR count). The Bertz CT molecular complexity index is 676. The second kappa shape index (κ2) is 6.31. The van der Waals surface area contributed by atoms with E-state index in [1.165, 1.54) is 20.6 Å². The number of thioether (sulfide) groups is 2. The zero-order chi connectivity index (χ0) is 14.8. The average molecular weight is 323 g/mol. The summed E-state index contributed by atoms with van der Waals surface area (Å²) in [6.07, 6.45) is 4.95. The molecule has 2 aromatic rings. The first-order chi connectivity index (χ1) is 10.9. The van der Waals surface area contributed by atoms with Gasteiger partial charge in [-0.25, -0.2) is 0 Å². The minimum absolute atomic E-state index is 0.391. The fourth-order valence-corrected chi connectivity index (χ4v) is 4.98. The third-order valence-electron chi connectivity index (χ3n) is 3.68. The van der Waals surface area contributed by atoms with Gasteiger partial charge in [0, 0.05) is 39.5 Å². The average Bonchev–Trinajstić information content (AvgIpc) is 2.90. The molecule has 2 heterocycles. The van der Waals surface area contributed by atoms with Crippen LogP contribution in [0.2, 0.25) is 0 Å². The van der Waals surface area contributed by atoms with Crippen molar-refractivity contribution in [1.29, 1.82) is 0 Å². The van der Waals surface area contributed by atoms with E-state index in [1.54, 1.807) is 0 Å².